The van der Waals surface area contributed by atoms with Crippen LogP contribution in [-0.2, 0) is 22.7 Å². The number of carbonyl (C=O) groups is 2. The van der Waals surface area contributed by atoms with Crippen LogP contribution < -0.4 is 4.74 Å². The Morgan fingerprint density at radius 3 is 2.34 bits per heavy atom. The molecule has 10 heteroatoms. The Hall–Kier alpha value is -2.90. The van der Waals surface area contributed by atoms with E-state index < -0.39 is 11.7 Å². The number of benzene rings is 3. The highest BCUT2D eigenvalue weighted by Gasteiger charge is 2.38. The van der Waals surface area contributed by atoms with Crippen LogP contribution in [0.25, 0.3) is 5.57 Å². The maximum Gasteiger partial charge on any atom is 0.410 e. The predicted molar refractivity (Wildman–Crippen MR) is 177 cm³/mol. The third-order valence-corrected chi connectivity index (χ3v) is 8.68. The quantitative estimate of drug-likeness (QED) is 0.239. The largest absolute Gasteiger partial charge is 0.489 e. The molecule has 0 spiro atoms. The molecule has 6 nitrogen and oxygen atoms in total. The molecule has 1 saturated carbocycles. The van der Waals surface area contributed by atoms with E-state index in [0.717, 1.165) is 35.1 Å². The number of hydrogen-bond acceptors (Lipinski definition) is 4. The van der Waals surface area contributed by atoms with Crippen molar-refractivity contribution < 1.29 is 19.1 Å². The maximum atomic E-state index is 14.4. The highest BCUT2D eigenvalue weighted by atomic mass is 35.5. The molecule has 3 aromatic rings. The summed E-state index contributed by atoms with van der Waals surface area (Å²) in [5, 5.41) is 1.95. The monoisotopic (exact) mass is 674 g/mol. The second kappa shape index (κ2) is 13.6. The Bertz CT molecular complexity index is 1580. The second-order valence-electron chi connectivity index (χ2n) is 12.1. The minimum atomic E-state index is -0.659. The topological polar surface area (TPSA) is 59.1 Å². The average molecular weight is 676 g/mol. The Morgan fingerprint density at radius 1 is 0.955 bits per heavy atom. The summed E-state index contributed by atoms with van der Waals surface area (Å²) in [5.41, 5.74) is 3.23. The molecule has 0 unspecified atom stereocenters. The van der Waals surface area contributed by atoms with E-state index in [4.69, 9.17) is 55.9 Å². The van der Waals surface area contributed by atoms with E-state index in [0.29, 0.717) is 50.9 Å². The van der Waals surface area contributed by atoms with Gasteiger partial charge in [-0.05, 0) is 98.7 Å². The van der Waals surface area contributed by atoms with Gasteiger partial charge in [0, 0.05) is 34.7 Å². The highest BCUT2D eigenvalue weighted by Crippen LogP contribution is 2.37. The Balaban J connectivity index is 1.47. The number of halogens is 4. The van der Waals surface area contributed by atoms with Gasteiger partial charge in [0.25, 0.3) is 5.91 Å². The Kier molecular flexibility index (Phi) is 10.1. The lowest BCUT2D eigenvalue weighted by Crippen LogP contribution is -2.44. The molecule has 3 aromatic carbocycles. The van der Waals surface area contributed by atoms with E-state index in [1.54, 1.807) is 17.0 Å². The van der Waals surface area contributed by atoms with Crippen molar-refractivity contribution in [1.29, 1.82) is 0 Å². The highest BCUT2D eigenvalue weighted by molar-refractivity contribution is 6.42. The summed E-state index contributed by atoms with van der Waals surface area (Å²) in [6.45, 7) is 6.62. The van der Waals surface area contributed by atoms with Crippen LogP contribution in [0.5, 0.6) is 5.75 Å². The summed E-state index contributed by atoms with van der Waals surface area (Å²) in [7, 11) is 0. The van der Waals surface area contributed by atoms with Crippen LogP contribution in [-0.4, -0.2) is 46.5 Å². The zero-order chi connectivity index (χ0) is 31.6. The molecule has 0 N–H and O–H groups in total. The van der Waals surface area contributed by atoms with Crippen molar-refractivity contribution in [2.24, 2.45) is 0 Å². The number of ether oxygens (including phenoxy) is 2. The fourth-order valence-corrected chi connectivity index (χ4v) is 6.13. The lowest BCUT2D eigenvalue weighted by atomic mass is 9.92. The zero-order valence-corrected chi connectivity index (χ0v) is 27.9. The second-order valence-corrected chi connectivity index (χ2v) is 13.7. The molecule has 232 valence electrons. The van der Waals surface area contributed by atoms with Crippen LogP contribution in [0.15, 0.2) is 66.2 Å². The van der Waals surface area contributed by atoms with Crippen molar-refractivity contribution in [1.82, 2.24) is 9.80 Å². The smallest absolute Gasteiger partial charge is 0.410 e. The first-order valence-corrected chi connectivity index (χ1v) is 16.0. The van der Waals surface area contributed by atoms with Crippen LogP contribution in [0.2, 0.25) is 20.1 Å². The fourth-order valence-electron chi connectivity index (χ4n) is 5.18. The summed E-state index contributed by atoms with van der Waals surface area (Å²) in [6.07, 6.45) is 1.83. The van der Waals surface area contributed by atoms with Gasteiger partial charge in [0.15, 0.2) is 0 Å². The third-order valence-electron chi connectivity index (χ3n) is 7.39. The number of carbonyl (C=O) groups excluding carboxylic acids is 2. The van der Waals surface area contributed by atoms with E-state index in [1.807, 2.05) is 74.2 Å². The summed E-state index contributed by atoms with van der Waals surface area (Å²) in [6, 6.07) is 18.5. The van der Waals surface area contributed by atoms with E-state index >= 15 is 0 Å². The van der Waals surface area contributed by atoms with Crippen LogP contribution in [0.4, 0.5) is 4.79 Å². The molecule has 44 heavy (non-hydrogen) atoms. The first-order chi connectivity index (χ1) is 20.9. The van der Waals surface area contributed by atoms with Gasteiger partial charge in [-0.1, -0.05) is 70.7 Å². The normalized spacial score (nSPS) is 15.3. The van der Waals surface area contributed by atoms with E-state index in [9.17, 15) is 9.59 Å². The van der Waals surface area contributed by atoms with Gasteiger partial charge in [-0.15, -0.1) is 0 Å². The molecule has 0 aromatic heterocycles. The number of amides is 2. The molecule has 0 radical (unpaired) electrons. The number of hydrogen-bond donors (Lipinski definition) is 0. The van der Waals surface area contributed by atoms with E-state index in [-0.39, 0.29) is 25.1 Å². The minimum absolute atomic E-state index is 0.0855. The van der Waals surface area contributed by atoms with Crippen LogP contribution in [0.3, 0.4) is 0 Å². The maximum absolute atomic E-state index is 14.4. The Labute approximate surface area is 278 Å². The number of rotatable bonds is 8. The molecule has 2 amide bonds. The van der Waals surface area contributed by atoms with Gasteiger partial charge < -0.3 is 19.3 Å². The lowest BCUT2D eigenvalue weighted by molar-refractivity contribution is -0.128. The van der Waals surface area contributed by atoms with E-state index in [2.05, 4.69) is 0 Å². The van der Waals surface area contributed by atoms with Crippen molar-refractivity contribution >= 4 is 64.0 Å². The number of nitrogens with zero attached hydrogens (tertiary/aromatic N) is 2. The molecule has 5 rings (SSSR count). The average Bonchev–Trinajstić information content (AvgIpc) is 3.80. The van der Waals surface area contributed by atoms with Crippen LogP contribution in [0.1, 0.15) is 56.7 Å². The van der Waals surface area contributed by atoms with Crippen LogP contribution in [0, 0.1) is 0 Å². The third kappa shape index (κ3) is 8.22. The van der Waals surface area contributed by atoms with Crippen molar-refractivity contribution in [3.63, 3.8) is 0 Å². The Morgan fingerprint density at radius 2 is 1.66 bits per heavy atom. The fraction of sp³-hybridized carbons (Fsp3) is 0.353. The predicted octanol–water partition coefficient (Wildman–Crippen LogP) is 9.46. The van der Waals surface area contributed by atoms with Gasteiger partial charge in [-0.3, -0.25) is 4.79 Å². The summed E-state index contributed by atoms with van der Waals surface area (Å²) < 4.78 is 11.8. The summed E-state index contributed by atoms with van der Waals surface area (Å²) in [5.74, 6) is 0.504. The lowest BCUT2D eigenvalue weighted by Gasteiger charge is -2.34. The first-order valence-electron chi connectivity index (χ1n) is 14.5. The molecule has 1 fully saturated rings. The van der Waals surface area contributed by atoms with Crippen LogP contribution >= 0.6 is 46.4 Å². The molecular formula is C34H34Cl4N2O4. The molecule has 0 saturated heterocycles. The molecule has 1 aliphatic heterocycles. The molecular weight excluding hydrogens is 642 g/mol. The molecule has 2 aliphatic rings. The van der Waals surface area contributed by atoms with Gasteiger partial charge in [0.05, 0.1) is 16.6 Å². The molecule has 0 atom stereocenters. The summed E-state index contributed by atoms with van der Waals surface area (Å²) >= 11 is 25.2. The zero-order valence-electron chi connectivity index (χ0n) is 24.8. The van der Waals surface area contributed by atoms with E-state index in [1.165, 1.54) is 0 Å². The summed E-state index contributed by atoms with van der Waals surface area (Å²) in [4.78, 5) is 31.0. The standard InChI is InChI=1S/C34H34Cl4N2O4/c1-34(2,3)44-33(42)39-13-12-28(22-6-4-8-27(16-22)43-20-21-14-24(35)17-25(36)15-21)29(19-39)32(41)40(26-10-11-26)18-23-7-5-9-30(37)31(23)38/h4-9,14-17,26H,10-13,18-20H2,1-3H3. The minimum Gasteiger partial charge on any atom is -0.489 e. The molecule has 0 bridgehead atoms. The van der Waals surface area contributed by atoms with Gasteiger partial charge in [-0.2, -0.15) is 0 Å². The van der Waals surface area contributed by atoms with Gasteiger partial charge >= 0.3 is 6.09 Å². The SMILES string of the molecule is CC(C)(C)OC(=O)N1CCC(c2cccc(OCc3cc(Cl)cc(Cl)c3)c2)=C(C(=O)N(Cc2cccc(Cl)c2Cl)C2CC2)C1. The van der Waals surface area contributed by atoms with Gasteiger partial charge in [-0.25, -0.2) is 4.79 Å². The van der Waals surface area contributed by atoms with Crippen molar-refractivity contribution in [2.75, 3.05) is 13.1 Å². The van der Waals surface area contributed by atoms with Gasteiger partial charge in [0.2, 0.25) is 0 Å². The first kappa shape index (κ1) is 32.5. The van der Waals surface area contributed by atoms with Crippen molar-refractivity contribution in [3.05, 3.63) is 103 Å². The molecule has 1 heterocycles. The van der Waals surface area contributed by atoms with Gasteiger partial charge in [0.1, 0.15) is 18.0 Å². The molecule has 1 aliphatic carbocycles. The van der Waals surface area contributed by atoms with Crippen molar-refractivity contribution in [3.8, 4) is 5.75 Å². The van der Waals surface area contributed by atoms with Crippen molar-refractivity contribution in [2.45, 2.75) is 64.8 Å².